The highest BCUT2D eigenvalue weighted by Crippen LogP contribution is 2.45. The molecule has 0 bridgehead atoms. The Morgan fingerprint density at radius 1 is 1.19 bits per heavy atom. The highest BCUT2D eigenvalue weighted by molar-refractivity contribution is 5.99. The summed E-state index contributed by atoms with van der Waals surface area (Å²) in [5.41, 5.74) is 10.9. The summed E-state index contributed by atoms with van der Waals surface area (Å²) in [5, 5.41) is 20.6. The van der Waals surface area contributed by atoms with Crippen LogP contribution in [-0.4, -0.2) is 30.7 Å². The lowest BCUT2D eigenvalue weighted by atomic mass is 9.97. The molecule has 1 aliphatic rings. The second kappa shape index (κ2) is 7.93. The first-order chi connectivity index (χ1) is 15.5. The lowest BCUT2D eigenvalue weighted by Gasteiger charge is -2.12. The summed E-state index contributed by atoms with van der Waals surface area (Å²) in [7, 11) is 0. The Labute approximate surface area is 184 Å². The van der Waals surface area contributed by atoms with Crippen LogP contribution in [0.15, 0.2) is 55.1 Å². The van der Waals surface area contributed by atoms with Gasteiger partial charge in [0.25, 0.3) is 0 Å². The molecule has 0 aliphatic heterocycles. The molecule has 3 aromatic heterocycles. The molecule has 1 unspecified atom stereocenters. The van der Waals surface area contributed by atoms with Crippen molar-refractivity contribution in [3.05, 3.63) is 66.2 Å². The number of nitrogens with two attached hydrogens (primary N) is 1. The van der Waals surface area contributed by atoms with E-state index in [0.29, 0.717) is 22.8 Å². The lowest BCUT2D eigenvalue weighted by Crippen LogP contribution is -2.20. The van der Waals surface area contributed by atoms with Crippen LogP contribution in [0, 0.1) is 12.8 Å². The van der Waals surface area contributed by atoms with E-state index in [2.05, 4.69) is 25.7 Å². The molecule has 0 radical (unpaired) electrons. The number of nitrogen functional groups attached to an aromatic ring is 1. The molecular formula is C23H23N7O2. The first-order valence-electron chi connectivity index (χ1n) is 10.4. The number of hydrogen-bond donors (Lipinski definition) is 4. The van der Waals surface area contributed by atoms with Crippen molar-refractivity contribution < 1.29 is 9.90 Å². The maximum absolute atomic E-state index is 12.3. The zero-order valence-corrected chi connectivity index (χ0v) is 17.5. The fourth-order valence-electron chi connectivity index (χ4n) is 3.85. The predicted octanol–water partition coefficient (Wildman–Crippen LogP) is 3.77. The van der Waals surface area contributed by atoms with Gasteiger partial charge in [0.05, 0.1) is 6.10 Å². The fourth-order valence-corrected chi connectivity index (χ4v) is 3.85. The Hall–Kier alpha value is -3.98. The molecule has 1 fully saturated rings. The Balaban J connectivity index is 1.42. The number of carbonyl (C=O) groups excluding carboxylic acids is 1. The normalized spacial score (nSPS) is 14.3. The molecule has 0 saturated heterocycles. The van der Waals surface area contributed by atoms with Gasteiger partial charge in [-0.1, -0.05) is 12.1 Å². The number of benzene rings is 1. The zero-order valence-electron chi connectivity index (χ0n) is 17.5. The van der Waals surface area contributed by atoms with Crippen molar-refractivity contribution >= 4 is 28.9 Å². The summed E-state index contributed by atoms with van der Waals surface area (Å²) in [6, 6.07) is 10.6. The van der Waals surface area contributed by atoms with Gasteiger partial charge < -0.3 is 16.2 Å². The molecule has 1 saturated carbocycles. The lowest BCUT2D eigenvalue weighted by molar-refractivity contribution is 0.154. The number of aliphatic hydroxyl groups is 1. The number of amides is 2. The first kappa shape index (κ1) is 20.0. The van der Waals surface area contributed by atoms with E-state index in [4.69, 9.17) is 5.73 Å². The quantitative estimate of drug-likeness (QED) is 0.382. The number of fused-ring (bicyclic) bond motifs is 1. The summed E-state index contributed by atoms with van der Waals surface area (Å²) in [6.45, 7) is 1.93. The maximum Gasteiger partial charge on any atom is 0.324 e. The molecule has 1 aliphatic carbocycles. The Morgan fingerprint density at radius 3 is 2.69 bits per heavy atom. The minimum absolute atomic E-state index is 0.250. The monoisotopic (exact) mass is 429 g/mol. The molecule has 3 heterocycles. The second-order valence-corrected chi connectivity index (χ2v) is 8.06. The van der Waals surface area contributed by atoms with Crippen LogP contribution in [0.2, 0.25) is 0 Å². The molecule has 4 aromatic rings. The molecule has 32 heavy (non-hydrogen) atoms. The van der Waals surface area contributed by atoms with Gasteiger partial charge in [0.1, 0.15) is 17.7 Å². The summed E-state index contributed by atoms with van der Waals surface area (Å²) < 4.78 is 1.66. The van der Waals surface area contributed by atoms with Crippen molar-refractivity contribution in [2.75, 3.05) is 16.4 Å². The molecule has 9 nitrogen and oxygen atoms in total. The summed E-state index contributed by atoms with van der Waals surface area (Å²) in [5.74, 6) is 1.07. The number of carbonyl (C=O) groups is 1. The molecule has 1 atom stereocenters. The summed E-state index contributed by atoms with van der Waals surface area (Å²) in [4.78, 5) is 20.6. The smallest absolute Gasteiger partial charge is 0.324 e. The number of nitrogens with zero attached hydrogens (tertiary/aromatic N) is 4. The van der Waals surface area contributed by atoms with Gasteiger partial charge in [0.15, 0.2) is 5.82 Å². The van der Waals surface area contributed by atoms with Crippen LogP contribution in [0.5, 0.6) is 0 Å². The van der Waals surface area contributed by atoms with E-state index in [1.165, 1.54) is 6.33 Å². The van der Waals surface area contributed by atoms with Crippen molar-refractivity contribution in [2.45, 2.75) is 25.9 Å². The minimum Gasteiger partial charge on any atom is -0.388 e. The van der Waals surface area contributed by atoms with E-state index in [1.54, 1.807) is 28.9 Å². The minimum atomic E-state index is -0.587. The number of nitrogens with one attached hydrogen (secondary N) is 2. The molecule has 0 spiro atoms. The third-order valence-electron chi connectivity index (χ3n) is 5.61. The number of anilines is 3. The molecule has 5 N–H and O–H groups in total. The van der Waals surface area contributed by atoms with Crippen molar-refractivity contribution in [1.82, 2.24) is 19.6 Å². The van der Waals surface area contributed by atoms with Crippen LogP contribution in [0.3, 0.4) is 0 Å². The second-order valence-electron chi connectivity index (χ2n) is 8.06. The Morgan fingerprint density at radius 2 is 1.97 bits per heavy atom. The summed E-state index contributed by atoms with van der Waals surface area (Å²) >= 11 is 0. The topological polar surface area (TPSA) is 130 Å². The highest BCUT2D eigenvalue weighted by atomic mass is 16.3. The molecule has 5 rings (SSSR count). The van der Waals surface area contributed by atoms with Gasteiger partial charge in [-0.05, 0) is 61.1 Å². The standard InChI is InChI=1S/C23H23N7O2/c1-13-8-9-25-18(10-13)29-23(32)28-16-6-4-14(5-7-16)19-17(21(31)15-2-3-15)11-30-20(19)22(24)26-12-27-30/h4-12,15,21,31H,2-3H2,1H3,(H2,24,26,27)(H2,25,28,29,32). The van der Waals surface area contributed by atoms with Gasteiger partial charge in [-0.15, -0.1) is 0 Å². The Kier molecular flexibility index (Phi) is 4.95. The van der Waals surface area contributed by atoms with E-state index >= 15 is 0 Å². The number of rotatable bonds is 5. The van der Waals surface area contributed by atoms with Crippen molar-refractivity contribution in [1.29, 1.82) is 0 Å². The van der Waals surface area contributed by atoms with Crippen LogP contribution in [-0.2, 0) is 0 Å². The highest BCUT2D eigenvalue weighted by Gasteiger charge is 2.34. The number of aliphatic hydroxyl groups excluding tert-OH is 1. The zero-order chi connectivity index (χ0) is 22.2. The molecule has 162 valence electrons. The first-order valence-corrected chi connectivity index (χ1v) is 10.4. The van der Waals surface area contributed by atoms with Crippen molar-refractivity contribution in [3.63, 3.8) is 0 Å². The van der Waals surface area contributed by atoms with Gasteiger partial charge in [-0.2, -0.15) is 5.10 Å². The van der Waals surface area contributed by atoms with Crippen LogP contribution >= 0.6 is 0 Å². The van der Waals surface area contributed by atoms with Crippen molar-refractivity contribution in [3.8, 4) is 11.1 Å². The molecule has 9 heteroatoms. The van der Waals surface area contributed by atoms with E-state index in [1.807, 2.05) is 31.3 Å². The van der Waals surface area contributed by atoms with E-state index in [-0.39, 0.29) is 11.9 Å². The molecule has 1 aromatic carbocycles. The molecular weight excluding hydrogens is 406 g/mol. The number of hydrogen-bond acceptors (Lipinski definition) is 6. The van der Waals surface area contributed by atoms with Crippen molar-refractivity contribution in [2.24, 2.45) is 5.92 Å². The third kappa shape index (κ3) is 3.85. The van der Waals surface area contributed by atoms with E-state index in [9.17, 15) is 9.90 Å². The van der Waals surface area contributed by atoms with Crippen LogP contribution in [0.1, 0.15) is 30.1 Å². The van der Waals surface area contributed by atoms with Gasteiger partial charge in [-0.25, -0.2) is 19.3 Å². The van der Waals surface area contributed by atoms with E-state index < -0.39 is 6.10 Å². The third-order valence-corrected chi connectivity index (χ3v) is 5.61. The van der Waals surface area contributed by atoms with Crippen LogP contribution < -0.4 is 16.4 Å². The van der Waals surface area contributed by atoms with Gasteiger partial charge >= 0.3 is 6.03 Å². The van der Waals surface area contributed by atoms with Gasteiger partial charge in [0, 0.05) is 29.2 Å². The number of pyridine rings is 1. The predicted molar refractivity (Wildman–Crippen MR) is 122 cm³/mol. The fraction of sp³-hybridized carbons (Fsp3) is 0.217. The molecule has 2 amide bonds. The van der Waals surface area contributed by atoms with Gasteiger partial charge in [-0.3, -0.25) is 5.32 Å². The number of aromatic nitrogens is 4. The summed E-state index contributed by atoms with van der Waals surface area (Å²) in [6.07, 6.45) is 6.28. The van der Waals surface area contributed by atoms with Crippen LogP contribution in [0.4, 0.5) is 22.1 Å². The van der Waals surface area contributed by atoms with E-state index in [0.717, 1.165) is 35.1 Å². The largest absolute Gasteiger partial charge is 0.388 e. The number of aryl methyl sites for hydroxylation is 1. The van der Waals surface area contributed by atoms with Crippen LogP contribution in [0.25, 0.3) is 16.6 Å². The average molecular weight is 429 g/mol. The SMILES string of the molecule is Cc1ccnc(NC(=O)Nc2ccc(-c3c(C(O)C4CC4)cn4ncnc(N)c34)cc2)c1. The number of urea groups is 1. The maximum atomic E-state index is 12.3. The Bertz CT molecular complexity index is 1300. The average Bonchev–Trinajstić information content (AvgIpc) is 3.54. The van der Waals surface area contributed by atoms with Gasteiger partial charge in [0.2, 0.25) is 0 Å².